The highest BCUT2D eigenvalue weighted by Crippen LogP contribution is 2.32. The van der Waals surface area contributed by atoms with Gasteiger partial charge in [0.15, 0.2) is 0 Å². The summed E-state index contributed by atoms with van der Waals surface area (Å²) in [7, 11) is 0. The van der Waals surface area contributed by atoms with Gasteiger partial charge >= 0.3 is 6.36 Å². The van der Waals surface area contributed by atoms with Gasteiger partial charge in [0, 0.05) is 5.56 Å². The summed E-state index contributed by atoms with van der Waals surface area (Å²) in [6, 6.07) is 3.90. The maximum Gasteiger partial charge on any atom is 0.573 e. The zero-order chi connectivity index (χ0) is 12.3. The van der Waals surface area contributed by atoms with E-state index in [1.54, 1.807) is 0 Å². The number of nitrogens with zero attached hydrogens (tertiary/aromatic N) is 1. The van der Waals surface area contributed by atoms with Crippen molar-refractivity contribution in [2.75, 3.05) is 0 Å². The van der Waals surface area contributed by atoms with Gasteiger partial charge in [0.25, 0.3) is 6.43 Å². The smallest absolute Gasteiger partial charge is 0.404 e. The molecule has 0 atom stereocenters. The van der Waals surface area contributed by atoms with Crippen molar-refractivity contribution in [3.05, 3.63) is 29.3 Å². The Bertz CT molecular complexity index is 421. The van der Waals surface area contributed by atoms with Gasteiger partial charge in [-0.15, -0.1) is 13.2 Å². The first-order chi connectivity index (χ1) is 7.35. The van der Waals surface area contributed by atoms with E-state index in [9.17, 15) is 22.0 Å². The summed E-state index contributed by atoms with van der Waals surface area (Å²) in [4.78, 5) is 0. The lowest BCUT2D eigenvalue weighted by Gasteiger charge is -2.12. The second-order valence-corrected chi connectivity index (χ2v) is 2.68. The number of halogens is 5. The fraction of sp³-hybridized carbons (Fsp3) is 0.222. The van der Waals surface area contributed by atoms with E-state index in [1.807, 2.05) is 0 Å². The second-order valence-electron chi connectivity index (χ2n) is 2.68. The Morgan fingerprint density at radius 2 is 1.88 bits per heavy atom. The predicted octanol–water partition coefficient (Wildman–Crippen LogP) is 3.39. The predicted molar refractivity (Wildman–Crippen MR) is 42.8 cm³/mol. The summed E-state index contributed by atoms with van der Waals surface area (Å²) in [5, 5.41) is 8.51. The average Bonchev–Trinajstić information content (AvgIpc) is 2.14. The minimum Gasteiger partial charge on any atom is -0.404 e. The van der Waals surface area contributed by atoms with Gasteiger partial charge in [-0.3, -0.25) is 0 Å². The van der Waals surface area contributed by atoms with Crippen LogP contribution in [-0.2, 0) is 0 Å². The fourth-order valence-electron chi connectivity index (χ4n) is 1.06. The van der Waals surface area contributed by atoms with Crippen LogP contribution in [0.2, 0.25) is 0 Å². The van der Waals surface area contributed by atoms with E-state index in [1.165, 1.54) is 6.07 Å². The third-order valence-corrected chi connectivity index (χ3v) is 1.63. The third kappa shape index (κ3) is 2.82. The quantitative estimate of drug-likeness (QED) is 0.738. The molecule has 0 fully saturated rings. The summed E-state index contributed by atoms with van der Waals surface area (Å²) in [6.07, 6.45) is -8.06. The lowest BCUT2D eigenvalue weighted by molar-refractivity contribution is -0.274. The number of hydrogen-bond acceptors (Lipinski definition) is 2. The van der Waals surface area contributed by atoms with Gasteiger partial charge in [0.2, 0.25) is 0 Å². The normalized spacial score (nSPS) is 11.3. The fourth-order valence-corrected chi connectivity index (χ4v) is 1.06. The molecule has 0 heterocycles. The van der Waals surface area contributed by atoms with E-state index in [0.717, 1.165) is 18.2 Å². The molecule has 7 heteroatoms. The molecule has 0 saturated carbocycles. The van der Waals surface area contributed by atoms with Crippen molar-refractivity contribution in [1.29, 1.82) is 5.26 Å². The molecular formula is C9H4F5NO. The minimum absolute atomic E-state index is 0.788. The zero-order valence-corrected chi connectivity index (χ0v) is 7.55. The highest BCUT2D eigenvalue weighted by Gasteiger charge is 2.33. The van der Waals surface area contributed by atoms with E-state index >= 15 is 0 Å². The standard InChI is InChI=1S/C9H4F5NO/c10-8(11)5-2-1-3-7(6(5)4-15)16-9(12,13)14/h1-3,8H. The molecule has 0 aliphatic carbocycles. The van der Waals surface area contributed by atoms with Crippen LogP contribution in [0.4, 0.5) is 22.0 Å². The summed E-state index contributed by atoms with van der Waals surface area (Å²) in [5.41, 5.74) is -1.60. The largest absolute Gasteiger partial charge is 0.573 e. The SMILES string of the molecule is N#Cc1c(OC(F)(F)F)cccc1C(F)F. The molecule has 0 aliphatic rings. The lowest BCUT2D eigenvalue weighted by atomic mass is 10.1. The molecule has 0 aromatic heterocycles. The first-order valence-corrected chi connectivity index (χ1v) is 3.92. The zero-order valence-electron chi connectivity index (χ0n) is 7.55. The Morgan fingerprint density at radius 1 is 1.25 bits per heavy atom. The number of nitriles is 1. The van der Waals surface area contributed by atoms with Crippen molar-refractivity contribution in [3.63, 3.8) is 0 Å². The summed E-state index contributed by atoms with van der Waals surface area (Å²) < 4.78 is 63.8. The lowest BCUT2D eigenvalue weighted by Crippen LogP contribution is -2.18. The van der Waals surface area contributed by atoms with E-state index in [-0.39, 0.29) is 0 Å². The molecule has 86 valence electrons. The Hall–Kier alpha value is -1.84. The molecule has 16 heavy (non-hydrogen) atoms. The molecule has 0 amide bonds. The number of alkyl halides is 5. The molecular weight excluding hydrogens is 233 g/mol. The third-order valence-electron chi connectivity index (χ3n) is 1.63. The number of ether oxygens (including phenoxy) is 1. The van der Waals surface area contributed by atoms with E-state index < -0.39 is 29.7 Å². The van der Waals surface area contributed by atoms with Gasteiger partial charge in [-0.1, -0.05) is 12.1 Å². The van der Waals surface area contributed by atoms with Gasteiger partial charge < -0.3 is 4.74 Å². The van der Waals surface area contributed by atoms with Crippen LogP contribution in [0, 0.1) is 11.3 Å². The van der Waals surface area contributed by atoms with E-state index in [0.29, 0.717) is 0 Å². The van der Waals surface area contributed by atoms with Gasteiger partial charge in [-0.05, 0) is 6.07 Å². The maximum absolute atomic E-state index is 12.3. The number of hydrogen-bond donors (Lipinski definition) is 0. The Kier molecular flexibility index (Phi) is 3.32. The van der Waals surface area contributed by atoms with Crippen molar-refractivity contribution >= 4 is 0 Å². The topological polar surface area (TPSA) is 33.0 Å². The molecule has 0 N–H and O–H groups in total. The molecule has 0 saturated heterocycles. The van der Waals surface area contributed by atoms with Crippen molar-refractivity contribution in [1.82, 2.24) is 0 Å². The van der Waals surface area contributed by atoms with E-state index in [2.05, 4.69) is 4.74 Å². The molecule has 0 unspecified atom stereocenters. The minimum atomic E-state index is -5.02. The monoisotopic (exact) mass is 237 g/mol. The van der Waals surface area contributed by atoms with Gasteiger partial charge in [-0.25, -0.2) is 8.78 Å². The van der Waals surface area contributed by atoms with Crippen LogP contribution in [0.15, 0.2) is 18.2 Å². The molecule has 0 spiro atoms. The van der Waals surface area contributed by atoms with Crippen molar-refractivity contribution < 1.29 is 26.7 Å². The summed E-state index contributed by atoms with van der Waals surface area (Å²) in [5.74, 6) is -0.923. The molecule has 1 aromatic carbocycles. The van der Waals surface area contributed by atoms with Gasteiger partial charge in [-0.2, -0.15) is 5.26 Å². The molecule has 0 bridgehead atoms. The first kappa shape index (κ1) is 12.2. The molecule has 0 radical (unpaired) electrons. The summed E-state index contributed by atoms with van der Waals surface area (Å²) in [6.45, 7) is 0. The molecule has 1 aromatic rings. The van der Waals surface area contributed by atoms with Crippen LogP contribution in [0.3, 0.4) is 0 Å². The van der Waals surface area contributed by atoms with Crippen LogP contribution >= 0.6 is 0 Å². The van der Waals surface area contributed by atoms with Crippen LogP contribution < -0.4 is 4.74 Å². The average molecular weight is 237 g/mol. The van der Waals surface area contributed by atoms with Crippen molar-refractivity contribution in [3.8, 4) is 11.8 Å². The highest BCUT2D eigenvalue weighted by molar-refractivity contribution is 5.49. The van der Waals surface area contributed by atoms with Crippen LogP contribution in [0.1, 0.15) is 17.6 Å². The molecule has 0 aliphatic heterocycles. The Balaban J connectivity index is 3.21. The summed E-state index contributed by atoms with van der Waals surface area (Å²) >= 11 is 0. The van der Waals surface area contributed by atoms with E-state index in [4.69, 9.17) is 5.26 Å². The van der Waals surface area contributed by atoms with Gasteiger partial charge in [0.05, 0.1) is 0 Å². The first-order valence-electron chi connectivity index (χ1n) is 3.92. The molecule has 2 nitrogen and oxygen atoms in total. The maximum atomic E-state index is 12.3. The van der Waals surface area contributed by atoms with Crippen LogP contribution in [0.5, 0.6) is 5.75 Å². The number of benzene rings is 1. The molecule has 1 rings (SSSR count). The van der Waals surface area contributed by atoms with Crippen molar-refractivity contribution in [2.24, 2.45) is 0 Å². The Labute approximate surface area is 86.9 Å². The Morgan fingerprint density at radius 3 is 2.31 bits per heavy atom. The number of rotatable bonds is 2. The van der Waals surface area contributed by atoms with Gasteiger partial charge in [0.1, 0.15) is 17.4 Å². The van der Waals surface area contributed by atoms with Crippen LogP contribution in [0.25, 0.3) is 0 Å². The second kappa shape index (κ2) is 4.35. The highest BCUT2D eigenvalue weighted by atomic mass is 19.4. The van der Waals surface area contributed by atoms with Crippen molar-refractivity contribution in [2.45, 2.75) is 12.8 Å². The van der Waals surface area contributed by atoms with Crippen LogP contribution in [-0.4, -0.2) is 6.36 Å².